The number of methoxy groups -OCH3 is 1. The van der Waals surface area contributed by atoms with E-state index in [1.807, 2.05) is 0 Å². The van der Waals surface area contributed by atoms with Gasteiger partial charge in [-0.05, 0) is 31.7 Å². The monoisotopic (exact) mass is 256 g/mol. The van der Waals surface area contributed by atoms with E-state index in [0.29, 0.717) is 5.92 Å². The van der Waals surface area contributed by atoms with Crippen molar-refractivity contribution in [3.63, 3.8) is 0 Å². The Hall–Kier alpha value is -0.650. The van der Waals surface area contributed by atoms with Gasteiger partial charge in [-0.25, -0.2) is 0 Å². The Morgan fingerprint density at radius 1 is 1.33 bits per heavy atom. The van der Waals surface area contributed by atoms with Crippen LogP contribution < -0.4 is 5.32 Å². The SMILES string of the molecule is COC(=O)C(C1CCOCC1)N1CCCNCC1. The topological polar surface area (TPSA) is 50.8 Å². The van der Waals surface area contributed by atoms with Crippen LogP contribution in [0.15, 0.2) is 0 Å². The maximum Gasteiger partial charge on any atom is 0.323 e. The molecule has 2 fully saturated rings. The number of nitrogens with one attached hydrogen (secondary N) is 1. The molecule has 0 bridgehead atoms. The third-order valence-corrected chi connectivity index (χ3v) is 3.92. The Bertz CT molecular complexity index is 259. The quantitative estimate of drug-likeness (QED) is 0.734. The molecule has 1 atom stereocenters. The first-order chi connectivity index (χ1) is 8.83. The van der Waals surface area contributed by atoms with Gasteiger partial charge in [0.1, 0.15) is 6.04 Å². The first-order valence-corrected chi connectivity index (χ1v) is 6.93. The van der Waals surface area contributed by atoms with Crippen molar-refractivity contribution in [1.82, 2.24) is 10.2 Å². The van der Waals surface area contributed by atoms with E-state index in [1.54, 1.807) is 0 Å². The second kappa shape index (κ2) is 7.07. The third kappa shape index (κ3) is 3.43. The molecule has 2 aliphatic rings. The summed E-state index contributed by atoms with van der Waals surface area (Å²) >= 11 is 0. The molecule has 5 heteroatoms. The van der Waals surface area contributed by atoms with Crippen molar-refractivity contribution >= 4 is 5.97 Å². The maximum atomic E-state index is 12.1. The molecule has 0 aromatic carbocycles. The van der Waals surface area contributed by atoms with Gasteiger partial charge in [0.2, 0.25) is 0 Å². The lowest BCUT2D eigenvalue weighted by molar-refractivity contribution is -0.150. The molecule has 1 N–H and O–H groups in total. The number of hydrogen-bond donors (Lipinski definition) is 1. The van der Waals surface area contributed by atoms with E-state index in [0.717, 1.165) is 58.7 Å². The van der Waals surface area contributed by atoms with E-state index < -0.39 is 0 Å². The molecule has 0 saturated carbocycles. The van der Waals surface area contributed by atoms with Crippen LogP contribution in [-0.2, 0) is 14.3 Å². The summed E-state index contributed by atoms with van der Waals surface area (Å²) in [6.07, 6.45) is 3.02. The zero-order valence-corrected chi connectivity index (χ0v) is 11.2. The van der Waals surface area contributed by atoms with E-state index in [9.17, 15) is 4.79 Å². The van der Waals surface area contributed by atoms with Gasteiger partial charge >= 0.3 is 5.97 Å². The summed E-state index contributed by atoms with van der Waals surface area (Å²) < 4.78 is 10.4. The van der Waals surface area contributed by atoms with Crippen molar-refractivity contribution in [2.45, 2.75) is 25.3 Å². The van der Waals surface area contributed by atoms with Crippen LogP contribution in [-0.4, -0.2) is 63.4 Å². The minimum absolute atomic E-state index is 0.0798. The first kappa shape index (κ1) is 13.8. The van der Waals surface area contributed by atoms with Crippen molar-refractivity contribution in [3.8, 4) is 0 Å². The highest BCUT2D eigenvalue weighted by atomic mass is 16.5. The summed E-state index contributed by atoms with van der Waals surface area (Å²) in [5, 5.41) is 3.37. The van der Waals surface area contributed by atoms with Crippen molar-refractivity contribution in [3.05, 3.63) is 0 Å². The van der Waals surface area contributed by atoms with E-state index >= 15 is 0 Å². The average Bonchev–Trinajstić information content (AvgIpc) is 2.69. The van der Waals surface area contributed by atoms with Crippen LogP contribution in [0.4, 0.5) is 0 Å². The van der Waals surface area contributed by atoms with Gasteiger partial charge in [0, 0.05) is 32.8 Å². The number of carbonyl (C=O) groups excluding carboxylic acids is 1. The summed E-state index contributed by atoms with van der Waals surface area (Å²) in [4.78, 5) is 14.4. The molecule has 0 spiro atoms. The molecule has 0 aliphatic carbocycles. The molecule has 2 rings (SSSR count). The Morgan fingerprint density at radius 2 is 2.11 bits per heavy atom. The zero-order valence-electron chi connectivity index (χ0n) is 11.2. The van der Waals surface area contributed by atoms with Crippen LogP contribution in [0.3, 0.4) is 0 Å². The summed E-state index contributed by atoms with van der Waals surface area (Å²) in [6, 6.07) is -0.0844. The zero-order chi connectivity index (χ0) is 12.8. The molecule has 0 amide bonds. The standard InChI is InChI=1S/C13H24N2O3/c1-17-13(16)12(11-3-9-18-10-4-11)15-7-2-5-14-6-8-15/h11-12,14H,2-10H2,1H3. The highest BCUT2D eigenvalue weighted by Gasteiger charge is 2.35. The Morgan fingerprint density at radius 3 is 2.83 bits per heavy atom. The second-order valence-electron chi connectivity index (χ2n) is 5.06. The minimum atomic E-state index is -0.0844. The second-order valence-corrected chi connectivity index (χ2v) is 5.06. The first-order valence-electron chi connectivity index (χ1n) is 6.93. The highest BCUT2D eigenvalue weighted by Crippen LogP contribution is 2.24. The molecule has 5 nitrogen and oxygen atoms in total. The van der Waals surface area contributed by atoms with Crippen molar-refractivity contribution in [2.75, 3.05) is 46.5 Å². The van der Waals surface area contributed by atoms with Crippen LogP contribution >= 0.6 is 0 Å². The molecular weight excluding hydrogens is 232 g/mol. The molecule has 2 aliphatic heterocycles. The molecule has 0 aromatic rings. The smallest absolute Gasteiger partial charge is 0.323 e. The minimum Gasteiger partial charge on any atom is -0.468 e. The predicted molar refractivity (Wildman–Crippen MR) is 68.4 cm³/mol. The van der Waals surface area contributed by atoms with E-state index in [-0.39, 0.29) is 12.0 Å². The molecule has 18 heavy (non-hydrogen) atoms. The van der Waals surface area contributed by atoms with Gasteiger partial charge in [0.15, 0.2) is 0 Å². The van der Waals surface area contributed by atoms with Gasteiger partial charge in [-0.2, -0.15) is 0 Å². The fraction of sp³-hybridized carbons (Fsp3) is 0.923. The number of rotatable bonds is 3. The van der Waals surface area contributed by atoms with Crippen molar-refractivity contribution in [2.24, 2.45) is 5.92 Å². The fourth-order valence-electron chi connectivity index (χ4n) is 2.94. The van der Waals surface area contributed by atoms with Gasteiger partial charge in [0.25, 0.3) is 0 Å². The Labute approximate surface area is 109 Å². The summed E-state index contributed by atoms with van der Waals surface area (Å²) in [5.74, 6) is 0.299. The van der Waals surface area contributed by atoms with E-state index in [4.69, 9.17) is 9.47 Å². The highest BCUT2D eigenvalue weighted by molar-refractivity contribution is 5.76. The lowest BCUT2D eigenvalue weighted by Crippen LogP contribution is -2.49. The molecule has 104 valence electrons. The predicted octanol–water partition coefficient (Wildman–Crippen LogP) is 0.250. The summed E-state index contributed by atoms with van der Waals surface area (Å²) in [5.41, 5.74) is 0. The molecule has 0 aromatic heterocycles. The van der Waals surface area contributed by atoms with Gasteiger partial charge in [-0.3, -0.25) is 9.69 Å². The van der Waals surface area contributed by atoms with Gasteiger partial charge in [-0.1, -0.05) is 0 Å². The van der Waals surface area contributed by atoms with Crippen LogP contribution in [0.25, 0.3) is 0 Å². The Kier molecular flexibility index (Phi) is 5.41. The van der Waals surface area contributed by atoms with Crippen molar-refractivity contribution < 1.29 is 14.3 Å². The maximum absolute atomic E-state index is 12.1. The number of carbonyl (C=O) groups is 1. The van der Waals surface area contributed by atoms with Crippen LogP contribution in [0.1, 0.15) is 19.3 Å². The van der Waals surface area contributed by atoms with Crippen LogP contribution in [0.5, 0.6) is 0 Å². The van der Waals surface area contributed by atoms with Crippen molar-refractivity contribution in [1.29, 1.82) is 0 Å². The molecule has 0 radical (unpaired) electrons. The summed E-state index contributed by atoms with van der Waals surface area (Å²) in [6.45, 7) is 5.44. The number of nitrogens with zero attached hydrogens (tertiary/aromatic N) is 1. The lowest BCUT2D eigenvalue weighted by Gasteiger charge is -2.36. The average molecular weight is 256 g/mol. The third-order valence-electron chi connectivity index (χ3n) is 3.92. The number of esters is 1. The number of ether oxygens (including phenoxy) is 2. The Balaban J connectivity index is 2.04. The van der Waals surface area contributed by atoms with Gasteiger partial charge in [-0.15, -0.1) is 0 Å². The van der Waals surface area contributed by atoms with E-state index in [1.165, 1.54) is 7.11 Å². The molecular formula is C13H24N2O3. The van der Waals surface area contributed by atoms with Crippen LogP contribution in [0, 0.1) is 5.92 Å². The lowest BCUT2D eigenvalue weighted by atomic mass is 9.90. The van der Waals surface area contributed by atoms with E-state index in [2.05, 4.69) is 10.2 Å². The molecule has 2 saturated heterocycles. The number of hydrogen-bond acceptors (Lipinski definition) is 5. The van der Waals surface area contributed by atoms with Gasteiger partial charge < -0.3 is 14.8 Å². The fourth-order valence-corrected chi connectivity index (χ4v) is 2.94. The molecule has 1 unspecified atom stereocenters. The van der Waals surface area contributed by atoms with Gasteiger partial charge in [0.05, 0.1) is 7.11 Å². The molecule has 2 heterocycles. The normalized spacial score (nSPS) is 25.4. The summed E-state index contributed by atoms with van der Waals surface area (Å²) in [7, 11) is 1.49. The largest absolute Gasteiger partial charge is 0.468 e. The van der Waals surface area contributed by atoms with Crippen LogP contribution in [0.2, 0.25) is 0 Å².